The molecule has 4 heteroatoms. The van der Waals surface area contributed by atoms with Gasteiger partial charge in [0.2, 0.25) is 0 Å². The van der Waals surface area contributed by atoms with Crippen molar-refractivity contribution in [1.29, 1.82) is 5.26 Å². The van der Waals surface area contributed by atoms with Crippen molar-refractivity contribution < 1.29 is 9.53 Å². The maximum atomic E-state index is 12.6. The summed E-state index contributed by atoms with van der Waals surface area (Å²) in [6, 6.07) is 24.3. The Kier molecular flexibility index (Phi) is 6.16. The van der Waals surface area contributed by atoms with Crippen molar-refractivity contribution in [2.24, 2.45) is 5.92 Å². The van der Waals surface area contributed by atoms with Crippen LogP contribution < -0.4 is 0 Å². The smallest absolute Gasteiger partial charge is 0.324 e. The van der Waals surface area contributed by atoms with Crippen molar-refractivity contribution in [2.75, 3.05) is 12.9 Å². The standard InChI is InChI=1S/C23H21NO2S/c1-3-26-23(25)21(15-24)22(17-11-13-18(27-2)14-12-17)20-10-6-8-16-7-4-5-9-19(16)20/h4-14,21-22H,3H2,1-2H3. The van der Waals surface area contributed by atoms with Crippen LogP contribution in [0.4, 0.5) is 0 Å². The van der Waals surface area contributed by atoms with E-state index in [0.29, 0.717) is 0 Å². The molecule has 0 N–H and O–H groups in total. The van der Waals surface area contributed by atoms with E-state index in [9.17, 15) is 10.1 Å². The Morgan fingerprint density at radius 3 is 2.44 bits per heavy atom. The number of carbonyl (C=O) groups is 1. The molecule has 2 atom stereocenters. The molecule has 3 aromatic carbocycles. The Morgan fingerprint density at radius 1 is 1.07 bits per heavy atom. The Labute approximate surface area is 164 Å². The van der Waals surface area contributed by atoms with Crippen LogP contribution in [0.1, 0.15) is 24.0 Å². The molecule has 0 aliphatic carbocycles. The molecule has 3 rings (SSSR count). The maximum Gasteiger partial charge on any atom is 0.324 e. The molecular weight excluding hydrogens is 354 g/mol. The lowest BCUT2D eigenvalue weighted by atomic mass is 9.79. The largest absolute Gasteiger partial charge is 0.465 e. The van der Waals surface area contributed by atoms with Crippen molar-refractivity contribution in [1.82, 2.24) is 0 Å². The first-order chi connectivity index (χ1) is 13.2. The summed E-state index contributed by atoms with van der Waals surface area (Å²) in [7, 11) is 0. The summed E-state index contributed by atoms with van der Waals surface area (Å²) in [5.74, 6) is -1.78. The van der Waals surface area contributed by atoms with Crippen LogP contribution in [0, 0.1) is 17.2 Å². The minimum Gasteiger partial charge on any atom is -0.465 e. The first-order valence-corrected chi connectivity index (χ1v) is 10.1. The second kappa shape index (κ2) is 8.75. The molecule has 0 aromatic heterocycles. The van der Waals surface area contributed by atoms with Crippen molar-refractivity contribution in [3.05, 3.63) is 77.9 Å². The summed E-state index contributed by atoms with van der Waals surface area (Å²) in [4.78, 5) is 13.7. The van der Waals surface area contributed by atoms with Crippen LogP contribution in [0.25, 0.3) is 10.8 Å². The van der Waals surface area contributed by atoms with Crippen LogP contribution >= 0.6 is 11.8 Å². The highest BCUT2D eigenvalue weighted by Crippen LogP contribution is 2.37. The first-order valence-electron chi connectivity index (χ1n) is 8.87. The number of thioether (sulfide) groups is 1. The topological polar surface area (TPSA) is 50.1 Å². The molecule has 0 aliphatic rings. The van der Waals surface area contributed by atoms with E-state index >= 15 is 0 Å². The van der Waals surface area contributed by atoms with Gasteiger partial charge in [0.1, 0.15) is 0 Å². The van der Waals surface area contributed by atoms with Crippen LogP contribution in [0.5, 0.6) is 0 Å². The van der Waals surface area contributed by atoms with Gasteiger partial charge >= 0.3 is 5.97 Å². The summed E-state index contributed by atoms with van der Waals surface area (Å²) in [5.41, 5.74) is 1.90. The maximum absolute atomic E-state index is 12.6. The number of esters is 1. The molecule has 0 heterocycles. The van der Waals surface area contributed by atoms with E-state index < -0.39 is 17.8 Å². The van der Waals surface area contributed by atoms with Crippen molar-refractivity contribution >= 4 is 28.5 Å². The molecule has 0 bridgehead atoms. The molecule has 3 nitrogen and oxygen atoms in total. The van der Waals surface area contributed by atoms with Crippen LogP contribution in [0.2, 0.25) is 0 Å². The lowest BCUT2D eigenvalue weighted by Crippen LogP contribution is -2.24. The fraction of sp³-hybridized carbons (Fsp3) is 0.217. The molecule has 0 amide bonds. The van der Waals surface area contributed by atoms with Gasteiger partial charge < -0.3 is 4.74 Å². The third-order valence-electron chi connectivity index (χ3n) is 4.65. The molecular formula is C23H21NO2S. The highest BCUT2D eigenvalue weighted by molar-refractivity contribution is 7.98. The Morgan fingerprint density at radius 2 is 1.78 bits per heavy atom. The predicted molar refractivity (Wildman–Crippen MR) is 110 cm³/mol. The zero-order valence-corrected chi connectivity index (χ0v) is 16.2. The van der Waals surface area contributed by atoms with E-state index in [0.717, 1.165) is 26.8 Å². The Balaban J connectivity index is 2.19. The summed E-state index contributed by atoms with van der Waals surface area (Å²) < 4.78 is 5.21. The average molecular weight is 375 g/mol. The van der Waals surface area contributed by atoms with Gasteiger partial charge in [0.25, 0.3) is 0 Å². The van der Waals surface area contributed by atoms with Crippen molar-refractivity contribution in [3.63, 3.8) is 0 Å². The molecule has 0 fully saturated rings. The van der Waals surface area contributed by atoms with Gasteiger partial charge in [-0.1, -0.05) is 54.6 Å². The highest BCUT2D eigenvalue weighted by Gasteiger charge is 2.33. The minimum atomic E-state index is -0.907. The lowest BCUT2D eigenvalue weighted by molar-refractivity contribution is -0.146. The summed E-state index contributed by atoms with van der Waals surface area (Å²) in [6.07, 6.45) is 2.02. The molecule has 0 saturated carbocycles. The van der Waals surface area contributed by atoms with Gasteiger partial charge in [-0.3, -0.25) is 4.79 Å². The van der Waals surface area contributed by atoms with Gasteiger partial charge in [0.05, 0.1) is 12.7 Å². The molecule has 2 unspecified atom stereocenters. The van der Waals surface area contributed by atoms with E-state index in [4.69, 9.17) is 4.74 Å². The molecule has 136 valence electrons. The number of nitriles is 1. The lowest BCUT2D eigenvalue weighted by Gasteiger charge is -2.23. The van der Waals surface area contributed by atoms with E-state index in [1.54, 1.807) is 18.7 Å². The number of fused-ring (bicyclic) bond motifs is 1. The molecule has 0 saturated heterocycles. The van der Waals surface area contributed by atoms with Crippen LogP contribution in [-0.2, 0) is 9.53 Å². The fourth-order valence-electron chi connectivity index (χ4n) is 3.38. The van der Waals surface area contributed by atoms with Gasteiger partial charge in [0, 0.05) is 10.8 Å². The van der Waals surface area contributed by atoms with Crippen LogP contribution in [0.15, 0.2) is 71.6 Å². The SMILES string of the molecule is CCOC(=O)C(C#N)C(c1ccc(SC)cc1)c1cccc2ccccc12. The Bertz CT molecular complexity index is 970. The van der Waals surface area contributed by atoms with Gasteiger partial charge in [-0.15, -0.1) is 11.8 Å². The van der Waals surface area contributed by atoms with E-state index in [-0.39, 0.29) is 6.61 Å². The third kappa shape index (κ3) is 3.99. The van der Waals surface area contributed by atoms with Gasteiger partial charge in [-0.2, -0.15) is 5.26 Å². The number of benzene rings is 3. The third-order valence-corrected chi connectivity index (χ3v) is 5.39. The summed E-state index contributed by atoms with van der Waals surface area (Å²) >= 11 is 1.66. The van der Waals surface area contributed by atoms with Crippen molar-refractivity contribution in [2.45, 2.75) is 17.7 Å². The molecule has 0 aliphatic heterocycles. The first kappa shape index (κ1) is 19.0. The number of nitrogens with zero attached hydrogens (tertiary/aromatic N) is 1. The van der Waals surface area contributed by atoms with E-state index in [1.807, 2.05) is 73.0 Å². The second-order valence-electron chi connectivity index (χ2n) is 6.18. The number of hydrogen-bond acceptors (Lipinski definition) is 4. The Hall–Kier alpha value is -2.77. The van der Waals surface area contributed by atoms with Crippen LogP contribution in [-0.4, -0.2) is 18.8 Å². The molecule has 3 aromatic rings. The monoisotopic (exact) mass is 375 g/mol. The predicted octanol–water partition coefficient (Wildman–Crippen LogP) is 5.40. The fourth-order valence-corrected chi connectivity index (χ4v) is 3.79. The van der Waals surface area contributed by atoms with Gasteiger partial charge in [0.15, 0.2) is 5.92 Å². The number of ether oxygens (including phenoxy) is 1. The molecule has 27 heavy (non-hydrogen) atoms. The number of hydrogen-bond donors (Lipinski definition) is 0. The number of rotatable bonds is 6. The minimum absolute atomic E-state index is 0.255. The normalized spacial score (nSPS) is 12.9. The highest BCUT2D eigenvalue weighted by atomic mass is 32.2. The van der Waals surface area contributed by atoms with E-state index in [1.165, 1.54) is 0 Å². The molecule has 0 spiro atoms. The zero-order valence-electron chi connectivity index (χ0n) is 15.4. The van der Waals surface area contributed by atoms with Crippen molar-refractivity contribution in [3.8, 4) is 6.07 Å². The second-order valence-corrected chi connectivity index (χ2v) is 7.06. The average Bonchev–Trinajstić information content (AvgIpc) is 2.72. The summed E-state index contributed by atoms with van der Waals surface area (Å²) in [6.45, 7) is 2.01. The van der Waals surface area contributed by atoms with Crippen LogP contribution in [0.3, 0.4) is 0 Å². The quantitative estimate of drug-likeness (QED) is 0.428. The summed E-state index contributed by atoms with van der Waals surface area (Å²) in [5, 5.41) is 12.0. The van der Waals surface area contributed by atoms with Gasteiger partial charge in [-0.05, 0) is 47.2 Å². The van der Waals surface area contributed by atoms with E-state index in [2.05, 4.69) is 6.07 Å². The number of carbonyl (C=O) groups excluding carboxylic acids is 1. The molecule has 0 radical (unpaired) electrons. The zero-order chi connectivity index (χ0) is 19.2. The van der Waals surface area contributed by atoms with Gasteiger partial charge in [-0.25, -0.2) is 0 Å².